The number of aromatic hydroxyl groups is 3. The molecule has 0 saturated carbocycles. The van der Waals surface area contributed by atoms with Gasteiger partial charge in [-0.3, -0.25) is 4.79 Å². The predicted octanol–water partition coefficient (Wildman–Crippen LogP) is -2.42. The fraction of sp³-hybridized carbons (Fsp3) is 0.444. The number of hydrogen-bond acceptors (Lipinski definition) is 16. The van der Waals surface area contributed by atoms with Crippen LogP contribution < -0.4 is 10.2 Å². The molecule has 0 spiro atoms. The molecule has 2 aliphatic heterocycles. The van der Waals surface area contributed by atoms with E-state index in [-0.39, 0.29) is 22.7 Å². The minimum Gasteiger partial charge on any atom is -0.508 e. The average molecular weight is 611 g/mol. The topological polar surface area (TPSA) is 269 Å². The van der Waals surface area contributed by atoms with Crippen molar-refractivity contribution >= 4 is 11.0 Å². The third-order valence-corrected chi connectivity index (χ3v) is 7.22. The maximum atomic E-state index is 13.6. The molecule has 0 amide bonds. The summed E-state index contributed by atoms with van der Waals surface area (Å²) >= 11 is 0. The largest absolute Gasteiger partial charge is 0.508 e. The summed E-state index contributed by atoms with van der Waals surface area (Å²) in [5, 5.41) is 101. The van der Waals surface area contributed by atoms with Crippen LogP contribution in [0, 0.1) is 0 Å². The van der Waals surface area contributed by atoms with Gasteiger partial charge in [0.2, 0.25) is 17.5 Å². The Labute approximate surface area is 241 Å². The zero-order valence-corrected chi connectivity index (χ0v) is 22.1. The van der Waals surface area contributed by atoms with E-state index in [1.807, 2.05) is 0 Å². The second-order valence-corrected chi connectivity index (χ2v) is 10.1. The molecule has 3 heterocycles. The van der Waals surface area contributed by atoms with Crippen LogP contribution in [0.3, 0.4) is 0 Å². The summed E-state index contributed by atoms with van der Waals surface area (Å²) in [7, 11) is 0. The van der Waals surface area contributed by atoms with Crippen LogP contribution in [-0.2, 0) is 14.2 Å². The monoisotopic (exact) mass is 610 g/mol. The number of benzene rings is 2. The Bertz CT molecular complexity index is 1490. The molecule has 5 rings (SSSR count). The lowest BCUT2D eigenvalue weighted by Crippen LogP contribution is -2.62. The number of rotatable bonds is 7. The Morgan fingerprint density at radius 3 is 1.98 bits per heavy atom. The number of aliphatic hydroxyl groups excluding tert-OH is 7. The molecule has 0 bridgehead atoms. The standard InChI is InChI=1S/C27H30O16/c28-7-14-17(32)20(35)22(37)26(41-14)39-8-15-18(33)21(36)23(38)27(42-15)43-25-19(34)16-12(31)5-11(30)6-13(16)40-24(25)9-1-3-10(29)4-2-9/h1-6,14-15,17-18,20-23,26-33,35-38H,7-8H2/t14-,15-,17-,18-,20+,21+,22-,23-,26?,27?/m1/s1. The molecule has 10 atom stereocenters. The van der Waals surface area contributed by atoms with Gasteiger partial charge in [-0.05, 0) is 24.3 Å². The van der Waals surface area contributed by atoms with Gasteiger partial charge in [-0.2, -0.15) is 0 Å². The summed E-state index contributed by atoms with van der Waals surface area (Å²) in [4.78, 5) is 13.6. The maximum absolute atomic E-state index is 13.6. The van der Waals surface area contributed by atoms with Crippen LogP contribution in [0.15, 0.2) is 45.6 Å². The Balaban J connectivity index is 1.45. The fourth-order valence-corrected chi connectivity index (χ4v) is 4.84. The van der Waals surface area contributed by atoms with Gasteiger partial charge >= 0.3 is 0 Å². The highest BCUT2D eigenvalue weighted by Gasteiger charge is 2.48. The number of aliphatic hydroxyl groups is 7. The van der Waals surface area contributed by atoms with Gasteiger partial charge in [0.25, 0.3) is 0 Å². The van der Waals surface area contributed by atoms with E-state index in [0.717, 1.165) is 12.1 Å². The molecular formula is C27H30O16. The molecular weight excluding hydrogens is 580 g/mol. The fourth-order valence-electron chi connectivity index (χ4n) is 4.84. The first kappa shape index (κ1) is 30.9. The van der Waals surface area contributed by atoms with Crippen LogP contribution in [0.2, 0.25) is 0 Å². The van der Waals surface area contributed by atoms with Crippen molar-refractivity contribution in [1.29, 1.82) is 0 Å². The molecule has 1 aromatic heterocycles. The molecule has 16 nitrogen and oxygen atoms in total. The van der Waals surface area contributed by atoms with Gasteiger partial charge in [-0.15, -0.1) is 0 Å². The van der Waals surface area contributed by atoms with Crippen molar-refractivity contribution in [3.05, 3.63) is 46.6 Å². The maximum Gasteiger partial charge on any atom is 0.239 e. The molecule has 0 radical (unpaired) electrons. The molecule has 16 heteroatoms. The van der Waals surface area contributed by atoms with Gasteiger partial charge in [0.1, 0.15) is 77.0 Å². The Kier molecular flexibility index (Phi) is 8.77. The number of ether oxygens (including phenoxy) is 4. The highest BCUT2D eigenvalue weighted by molar-refractivity contribution is 5.88. The molecule has 2 unspecified atom stereocenters. The van der Waals surface area contributed by atoms with Crippen LogP contribution in [0.1, 0.15) is 0 Å². The van der Waals surface area contributed by atoms with Crippen molar-refractivity contribution in [2.75, 3.05) is 13.2 Å². The van der Waals surface area contributed by atoms with E-state index in [9.17, 15) is 55.9 Å². The highest BCUT2D eigenvalue weighted by Crippen LogP contribution is 2.37. The second kappa shape index (κ2) is 12.2. The van der Waals surface area contributed by atoms with E-state index < -0.39 is 103 Å². The van der Waals surface area contributed by atoms with Gasteiger partial charge in [-0.1, -0.05) is 0 Å². The first-order valence-electron chi connectivity index (χ1n) is 13.0. The number of phenolic OH excluding ortho intramolecular Hbond substituents is 3. The van der Waals surface area contributed by atoms with Gasteiger partial charge < -0.3 is 74.4 Å². The van der Waals surface area contributed by atoms with E-state index >= 15 is 0 Å². The average Bonchev–Trinajstić information content (AvgIpc) is 2.97. The molecule has 234 valence electrons. The van der Waals surface area contributed by atoms with Gasteiger partial charge in [-0.25, -0.2) is 0 Å². The molecule has 2 saturated heterocycles. The van der Waals surface area contributed by atoms with E-state index in [1.165, 1.54) is 24.3 Å². The smallest absolute Gasteiger partial charge is 0.239 e. The molecule has 43 heavy (non-hydrogen) atoms. The predicted molar refractivity (Wildman–Crippen MR) is 140 cm³/mol. The van der Waals surface area contributed by atoms with Crippen molar-refractivity contribution in [1.82, 2.24) is 0 Å². The zero-order valence-electron chi connectivity index (χ0n) is 22.1. The molecule has 3 aromatic rings. The van der Waals surface area contributed by atoms with Crippen molar-refractivity contribution in [2.45, 2.75) is 61.4 Å². The quantitative estimate of drug-likeness (QED) is 0.133. The molecule has 2 aliphatic rings. The Morgan fingerprint density at radius 2 is 1.33 bits per heavy atom. The van der Waals surface area contributed by atoms with Gasteiger partial charge in [0.05, 0.1) is 13.2 Å². The SMILES string of the molecule is O=c1c(OC2O[C@H](COC3O[C@H](CO)[C@@H](O)[C@H](O)[C@H]3O)[C@@H](O)[C@H](O)[C@H]2O)c(-c2ccc(O)cc2)oc2cc(O)cc(O)c12. The zero-order chi connectivity index (χ0) is 31.2. The lowest BCUT2D eigenvalue weighted by molar-refractivity contribution is -0.323. The normalized spacial score (nSPS) is 33.0. The van der Waals surface area contributed by atoms with Crippen molar-refractivity contribution < 1.29 is 74.4 Å². The number of hydrogen-bond donors (Lipinski definition) is 10. The van der Waals surface area contributed by atoms with Crippen LogP contribution in [0.5, 0.6) is 23.0 Å². The number of phenols is 3. The minimum absolute atomic E-state index is 0.116. The second-order valence-electron chi connectivity index (χ2n) is 10.1. The van der Waals surface area contributed by atoms with Crippen molar-refractivity contribution in [3.63, 3.8) is 0 Å². The molecule has 2 fully saturated rings. The minimum atomic E-state index is -1.95. The number of fused-ring (bicyclic) bond motifs is 1. The summed E-state index contributed by atoms with van der Waals surface area (Å²) in [5.74, 6) is -2.07. The lowest BCUT2D eigenvalue weighted by Gasteiger charge is -2.42. The summed E-state index contributed by atoms with van der Waals surface area (Å²) in [6.45, 7) is -1.37. The third-order valence-electron chi connectivity index (χ3n) is 7.22. The van der Waals surface area contributed by atoms with E-state index in [2.05, 4.69) is 0 Å². The highest BCUT2D eigenvalue weighted by atomic mass is 16.7. The molecule has 2 aromatic carbocycles. The Hall–Kier alpha value is -3.55. The summed E-state index contributed by atoms with van der Waals surface area (Å²) < 4.78 is 27.8. The van der Waals surface area contributed by atoms with Crippen LogP contribution in [0.4, 0.5) is 0 Å². The molecule has 0 aliphatic carbocycles. The third kappa shape index (κ3) is 5.85. The van der Waals surface area contributed by atoms with Crippen LogP contribution in [-0.4, -0.2) is 126 Å². The van der Waals surface area contributed by atoms with Gasteiger partial charge in [0, 0.05) is 17.7 Å². The van der Waals surface area contributed by atoms with E-state index in [1.54, 1.807) is 0 Å². The van der Waals surface area contributed by atoms with E-state index in [4.69, 9.17) is 23.4 Å². The summed E-state index contributed by atoms with van der Waals surface area (Å²) in [6.07, 6.45) is -17.1. The first-order chi connectivity index (χ1) is 20.4. The summed E-state index contributed by atoms with van der Waals surface area (Å²) in [5.41, 5.74) is -1.01. The van der Waals surface area contributed by atoms with Crippen LogP contribution in [0.25, 0.3) is 22.3 Å². The lowest BCUT2D eigenvalue weighted by atomic mass is 9.98. The molecule has 10 N–H and O–H groups in total. The van der Waals surface area contributed by atoms with E-state index in [0.29, 0.717) is 0 Å². The van der Waals surface area contributed by atoms with Crippen LogP contribution >= 0.6 is 0 Å². The Morgan fingerprint density at radius 1 is 0.721 bits per heavy atom. The van der Waals surface area contributed by atoms with Crippen molar-refractivity contribution in [3.8, 4) is 34.3 Å². The van der Waals surface area contributed by atoms with Crippen molar-refractivity contribution in [2.24, 2.45) is 0 Å². The summed E-state index contributed by atoms with van der Waals surface area (Å²) in [6, 6.07) is 7.25. The first-order valence-corrected chi connectivity index (χ1v) is 13.0. The van der Waals surface area contributed by atoms with Gasteiger partial charge in [0.15, 0.2) is 12.1 Å².